The van der Waals surface area contributed by atoms with E-state index in [0.29, 0.717) is 22.1 Å². The highest BCUT2D eigenvalue weighted by atomic mass is 35.5. The lowest BCUT2D eigenvalue weighted by Gasteiger charge is -1.92. The molecule has 2 aromatic rings. The molecule has 4 nitrogen and oxygen atoms in total. The van der Waals surface area contributed by atoms with Crippen molar-refractivity contribution in [3.05, 3.63) is 17.3 Å². The van der Waals surface area contributed by atoms with Gasteiger partial charge in [-0.1, -0.05) is 11.6 Å². The van der Waals surface area contributed by atoms with Crippen molar-refractivity contribution in [3.8, 4) is 0 Å². The van der Waals surface area contributed by atoms with Gasteiger partial charge < -0.3 is 4.98 Å². The first-order valence-corrected chi connectivity index (χ1v) is 3.48. The van der Waals surface area contributed by atoms with Crippen molar-refractivity contribution >= 4 is 22.8 Å². The molecule has 0 radical (unpaired) electrons. The summed E-state index contributed by atoms with van der Waals surface area (Å²) in [6, 6.07) is 0. The van der Waals surface area contributed by atoms with Crippen LogP contribution in [0.1, 0.15) is 5.82 Å². The molecule has 0 unspecified atom stereocenters. The normalized spacial score (nSPS) is 10.7. The summed E-state index contributed by atoms with van der Waals surface area (Å²) < 4.78 is 0. The molecule has 56 valence electrons. The van der Waals surface area contributed by atoms with E-state index in [9.17, 15) is 0 Å². The van der Waals surface area contributed by atoms with Crippen LogP contribution in [0.25, 0.3) is 11.2 Å². The number of aromatic amines is 1. The minimum absolute atomic E-state index is 0.397. The van der Waals surface area contributed by atoms with Crippen LogP contribution in [0.4, 0.5) is 0 Å². The van der Waals surface area contributed by atoms with Crippen LogP contribution in [0, 0.1) is 6.92 Å². The fourth-order valence-electron chi connectivity index (χ4n) is 0.905. The molecule has 5 heteroatoms. The number of aromatic nitrogens is 4. The van der Waals surface area contributed by atoms with E-state index in [4.69, 9.17) is 11.6 Å². The summed E-state index contributed by atoms with van der Waals surface area (Å²) in [5, 5.41) is 0.397. The minimum Gasteiger partial charge on any atom is -0.329 e. The lowest BCUT2D eigenvalue weighted by molar-refractivity contribution is 1.08. The summed E-state index contributed by atoms with van der Waals surface area (Å²) in [7, 11) is 0. The highest BCUT2D eigenvalue weighted by Gasteiger charge is 2.03. The monoisotopic (exact) mass is 168 g/mol. The molecule has 0 aliphatic heterocycles. The van der Waals surface area contributed by atoms with Gasteiger partial charge in [0.1, 0.15) is 11.3 Å². The molecule has 0 saturated carbocycles. The lowest BCUT2D eigenvalue weighted by Crippen LogP contribution is -1.88. The predicted octanol–water partition coefficient (Wildman–Crippen LogP) is 1.31. The van der Waals surface area contributed by atoms with E-state index in [1.54, 1.807) is 13.3 Å². The molecule has 2 aromatic heterocycles. The van der Waals surface area contributed by atoms with Crippen LogP contribution in [0.15, 0.2) is 6.33 Å². The van der Waals surface area contributed by atoms with Crippen molar-refractivity contribution in [3.63, 3.8) is 0 Å². The number of hydrogen-bond acceptors (Lipinski definition) is 3. The second kappa shape index (κ2) is 2.17. The van der Waals surface area contributed by atoms with Crippen molar-refractivity contribution in [2.75, 3.05) is 0 Å². The van der Waals surface area contributed by atoms with Crippen LogP contribution in [-0.2, 0) is 0 Å². The average molecular weight is 169 g/mol. The number of nitrogens with zero attached hydrogens (tertiary/aromatic N) is 3. The third kappa shape index (κ3) is 0.952. The molecular weight excluding hydrogens is 164 g/mol. The number of aryl methyl sites for hydroxylation is 1. The molecule has 0 atom stereocenters. The van der Waals surface area contributed by atoms with Crippen LogP contribution in [0.2, 0.25) is 5.15 Å². The van der Waals surface area contributed by atoms with Crippen LogP contribution < -0.4 is 0 Å². The number of fused-ring (bicyclic) bond motifs is 1. The van der Waals surface area contributed by atoms with Gasteiger partial charge in [-0.15, -0.1) is 0 Å². The van der Waals surface area contributed by atoms with E-state index in [1.165, 1.54) is 0 Å². The molecule has 0 aliphatic carbocycles. The number of hydrogen-bond donors (Lipinski definition) is 1. The Balaban J connectivity index is 2.91. The number of nitrogens with one attached hydrogen (secondary N) is 1. The molecule has 0 aromatic carbocycles. The maximum Gasteiger partial charge on any atom is 0.162 e. The van der Waals surface area contributed by atoms with Crippen LogP contribution >= 0.6 is 11.6 Å². The van der Waals surface area contributed by atoms with Gasteiger partial charge in [-0.3, -0.25) is 0 Å². The lowest BCUT2D eigenvalue weighted by atomic mass is 10.5. The summed E-state index contributed by atoms with van der Waals surface area (Å²) in [6.45, 7) is 1.78. The molecule has 0 amide bonds. The second-order valence-electron chi connectivity index (χ2n) is 2.16. The standard InChI is InChI=1S/C6H5ClN4/c1-3-10-5(7)4-6(11-3)9-2-8-4/h2H,1H3,(H,8,9,10,11). The summed E-state index contributed by atoms with van der Waals surface area (Å²) in [6.07, 6.45) is 1.55. The van der Waals surface area contributed by atoms with Gasteiger partial charge in [0.2, 0.25) is 0 Å². The largest absolute Gasteiger partial charge is 0.329 e. The first-order chi connectivity index (χ1) is 5.27. The summed E-state index contributed by atoms with van der Waals surface area (Å²) in [4.78, 5) is 14.8. The quantitative estimate of drug-likeness (QED) is 0.604. The third-order valence-electron chi connectivity index (χ3n) is 1.35. The Morgan fingerprint density at radius 2 is 2.27 bits per heavy atom. The smallest absolute Gasteiger partial charge is 0.162 e. The van der Waals surface area contributed by atoms with Crippen LogP contribution in [-0.4, -0.2) is 19.9 Å². The van der Waals surface area contributed by atoms with E-state index < -0.39 is 0 Å². The molecule has 0 bridgehead atoms. The fourth-order valence-corrected chi connectivity index (χ4v) is 1.17. The molecule has 0 aliphatic rings. The molecule has 0 spiro atoms. The fraction of sp³-hybridized carbons (Fsp3) is 0.167. The molecule has 2 heterocycles. The minimum atomic E-state index is 0.397. The Labute approximate surface area is 67.6 Å². The Morgan fingerprint density at radius 1 is 1.45 bits per heavy atom. The average Bonchev–Trinajstić information content (AvgIpc) is 2.34. The van der Waals surface area contributed by atoms with Crippen molar-refractivity contribution in [2.45, 2.75) is 6.92 Å². The van der Waals surface area contributed by atoms with Gasteiger partial charge in [0.05, 0.1) is 6.33 Å². The summed E-state index contributed by atoms with van der Waals surface area (Å²) >= 11 is 5.77. The maximum atomic E-state index is 5.77. The topological polar surface area (TPSA) is 54.5 Å². The Hall–Kier alpha value is -1.16. The highest BCUT2D eigenvalue weighted by molar-refractivity contribution is 6.33. The van der Waals surface area contributed by atoms with E-state index in [2.05, 4.69) is 19.9 Å². The predicted molar refractivity (Wildman–Crippen MR) is 41.4 cm³/mol. The van der Waals surface area contributed by atoms with Gasteiger partial charge in [0.25, 0.3) is 0 Å². The van der Waals surface area contributed by atoms with Gasteiger partial charge >= 0.3 is 0 Å². The Kier molecular flexibility index (Phi) is 1.29. The number of imidazole rings is 1. The SMILES string of the molecule is Cc1nc(Cl)c2nc[nH]c2n1. The molecule has 2 rings (SSSR count). The Bertz CT molecular complexity index is 394. The number of rotatable bonds is 0. The maximum absolute atomic E-state index is 5.77. The van der Waals surface area contributed by atoms with Crippen molar-refractivity contribution in [1.29, 1.82) is 0 Å². The number of H-pyrrole nitrogens is 1. The van der Waals surface area contributed by atoms with Gasteiger partial charge in [0.15, 0.2) is 10.8 Å². The van der Waals surface area contributed by atoms with E-state index >= 15 is 0 Å². The van der Waals surface area contributed by atoms with Crippen LogP contribution in [0.3, 0.4) is 0 Å². The van der Waals surface area contributed by atoms with Crippen molar-refractivity contribution in [2.24, 2.45) is 0 Å². The molecule has 11 heavy (non-hydrogen) atoms. The first kappa shape index (κ1) is 6.54. The third-order valence-corrected chi connectivity index (χ3v) is 1.61. The highest BCUT2D eigenvalue weighted by Crippen LogP contribution is 2.15. The van der Waals surface area contributed by atoms with Crippen molar-refractivity contribution < 1.29 is 0 Å². The summed E-state index contributed by atoms with van der Waals surface area (Å²) in [5.41, 5.74) is 1.31. The zero-order valence-corrected chi connectivity index (χ0v) is 6.55. The van der Waals surface area contributed by atoms with Gasteiger partial charge in [-0.25, -0.2) is 15.0 Å². The van der Waals surface area contributed by atoms with E-state index in [1.807, 2.05) is 0 Å². The molecule has 1 N–H and O–H groups in total. The van der Waals surface area contributed by atoms with Gasteiger partial charge in [-0.05, 0) is 6.92 Å². The Morgan fingerprint density at radius 3 is 3.09 bits per heavy atom. The number of halogens is 1. The first-order valence-electron chi connectivity index (χ1n) is 3.10. The zero-order valence-electron chi connectivity index (χ0n) is 5.80. The molecule has 0 fully saturated rings. The second-order valence-corrected chi connectivity index (χ2v) is 2.52. The van der Waals surface area contributed by atoms with Gasteiger partial charge in [-0.2, -0.15) is 0 Å². The summed E-state index contributed by atoms with van der Waals surface area (Å²) in [5.74, 6) is 0.645. The van der Waals surface area contributed by atoms with E-state index in [-0.39, 0.29) is 0 Å². The zero-order chi connectivity index (χ0) is 7.84. The van der Waals surface area contributed by atoms with E-state index in [0.717, 1.165) is 0 Å². The van der Waals surface area contributed by atoms with Crippen LogP contribution in [0.5, 0.6) is 0 Å². The molecule has 0 saturated heterocycles. The van der Waals surface area contributed by atoms with Gasteiger partial charge in [0, 0.05) is 0 Å². The van der Waals surface area contributed by atoms with Crippen molar-refractivity contribution in [1.82, 2.24) is 19.9 Å². The molecular formula is C6H5ClN4.